The van der Waals surface area contributed by atoms with E-state index in [9.17, 15) is 22.6 Å². The summed E-state index contributed by atoms with van der Waals surface area (Å²) in [4.78, 5) is 22.9. The van der Waals surface area contributed by atoms with Crippen molar-refractivity contribution >= 4 is 22.1 Å². The molecule has 0 atom stereocenters. The Kier molecular flexibility index (Phi) is 11.8. The van der Waals surface area contributed by atoms with Crippen LogP contribution in [0.4, 0.5) is 0 Å². The SMILES string of the molecule is CCOC(=O)C(CCCS(=O)(=O)[O-])C(=O)OCC.[Na+]. The Morgan fingerprint density at radius 2 is 1.53 bits per heavy atom. The first-order valence-electron chi connectivity index (χ1n) is 5.58. The van der Waals surface area contributed by atoms with Crippen molar-refractivity contribution < 1.29 is 61.6 Å². The van der Waals surface area contributed by atoms with Gasteiger partial charge in [0.05, 0.1) is 23.3 Å². The van der Waals surface area contributed by atoms with E-state index in [0.717, 1.165) is 0 Å². The monoisotopic (exact) mass is 304 g/mol. The molecule has 9 heteroatoms. The Morgan fingerprint density at radius 3 is 1.84 bits per heavy atom. The molecule has 0 rings (SSSR count). The fourth-order valence-corrected chi connectivity index (χ4v) is 1.80. The van der Waals surface area contributed by atoms with Crippen molar-refractivity contribution in [2.75, 3.05) is 19.0 Å². The van der Waals surface area contributed by atoms with Crippen molar-refractivity contribution in [1.29, 1.82) is 0 Å². The van der Waals surface area contributed by atoms with Crippen LogP contribution in [0.1, 0.15) is 26.7 Å². The number of rotatable bonds is 8. The zero-order valence-electron chi connectivity index (χ0n) is 11.4. The summed E-state index contributed by atoms with van der Waals surface area (Å²) in [5, 5.41) is 0. The van der Waals surface area contributed by atoms with Crippen LogP contribution in [0.2, 0.25) is 0 Å². The molecule has 0 N–H and O–H groups in total. The summed E-state index contributed by atoms with van der Waals surface area (Å²) in [6, 6.07) is 0. The Balaban J connectivity index is 0. The molecule has 7 nitrogen and oxygen atoms in total. The Morgan fingerprint density at radius 1 is 1.11 bits per heavy atom. The number of hydrogen-bond donors (Lipinski definition) is 0. The number of ether oxygens (including phenoxy) is 2. The Bertz CT molecular complexity index is 361. The van der Waals surface area contributed by atoms with E-state index in [1.54, 1.807) is 13.8 Å². The van der Waals surface area contributed by atoms with E-state index < -0.39 is 33.7 Å². The fraction of sp³-hybridized carbons (Fsp3) is 0.800. The molecule has 0 aromatic carbocycles. The summed E-state index contributed by atoms with van der Waals surface area (Å²) in [6.45, 7) is 3.38. The molecule has 0 radical (unpaired) electrons. The molecule has 0 aromatic rings. The van der Waals surface area contributed by atoms with Crippen LogP contribution in [-0.2, 0) is 29.2 Å². The van der Waals surface area contributed by atoms with Gasteiger partial charge in [-0.05, 0) is 26.7 Å². The van der Waals surface area contributed by atoms with Crippen molar-refractivity contribution in [3.8, 4) is 0 Å². The third-order valence-electron chi connectivity index (χ3n) is 2.03. The maximum absolute atomic E-state index is 11.5. The molecule has 0 spiro atoms. The smallest absolute Gasteiger partial charge is 0.748 e. The predicted molar refractivity (Wildman–Crippen MR) is 60.6 cm³/mol. The zero-order chi connectivity index (χ0) is 14.2. The number of carbonyl (C=O) groups excluding carboxylic acids is 2. The van der Waals surface area contributed by atoms with Gasteiger partial charge in [0.1, 0.15) is 0 Å². The van der Waals surface area contributed by atoms with Crippen molar-refractivity contribution in [3.05, 3.63) is 0 Å². The van der Waals surface area contributed by atoms with Crippen LogP contribution in [0.5, 0.6) is 0 Å². The van der Waals surface area contributed by atoms with Gasteiger partial charge in [-0.25, -0.2) is 8.42 Å². The topological polar surface area (TPSA) is 110 Å². The molecular weight excluding hydrogens is 287 g/mol. The van der Waals surface area contributed by atoms with E-state index in [4.69, 9.17) is 0 Å². The van der Waals surface area contributed by atoms with E-state index in [1.807, 2.05) is 0 Å². The minimum absolute atomic E-state index is 0. The summed E-state index contributed by atoms with van der Waals surface area (Å²) < 4.78 is 40.6. The van der Waals surface area contributed by atoms with Gasteiger partial charge >= 0.3 is 41.5 Å². The zero-order valence-corrected chi connectivity index (χ0v) is 14.2. The molecule has 0 saturated heterocycles. The molecule has 0 unspecified atom stereocenters. The fourth-order valence-electron chi connectivity index (χ4n) is 1.28. The van der Waals surface area contributed by atoms with E-state index >= 15 is 0 Å². The van der Waals surface area contributed by atoms with Gasteiger partial charge in [0.2, 0.25) is 0 Å². The third-order valence-corrected chi connectivity index (χ3v) is 2.82. The summed E-state index contributed by atoms with van der Waals surface area (Å²) in [7, 11) is -4.35. The first-order valence-corrected chi connectivity index (χ1v) is 7.16. The molecule has 0 aliphatic heterocycles. The van der Waals surface area contributed by atoms with Crippen LogP contribution in [-0.4, -0.2) is 43.9 Å². The number of esters is 2. The molecule has 0 heterocycles. The first kappa shape index (κ1) is 21.2. The van der Waals surface area contributed by atoms with Gasteiger partial charge in [-0.1, -0.05) is 0 Å². The average Bonchev–Trinajstić information content (AvgIpc) is 2.23. The number of hydrogen-bond acceptors (Lipinski definition) is 7. The van der Waals surface area contributed by atoms with Crippen molar-refractivity contribution in [1.82, 2.24) is 0 Å². The quantitative estimate of drug-likeness (QED) is 0.204. The minimum Gasteiger partial charge on any atom is -0.748 e. The van der Waals surface area contributed by atoms with Gasteiger partial charge in [0.25, 0.3) is 0 Å². The molecule has 0 saturated carbocycles. The maximum atomic E-state index is 11.5. The predicted octanol–water partition coefficient (Wildman–Crippen LogP) is -2.94. The molecular formula is C10H17NaO7S. The molecule has 0 amide bonds. The van der Waals surface area contributed by atoms with Gasteiger partial charge in [-0.2, -0.15) is 0 Å². The van der Waals surface area contributed by atoms with Crippen molar-refractivity contribution in [2.45, 2.75) is 26.7 Å². The van der Waals surface area contributed by atoms with Crippen molar-refractivity contribution in [2.24, 2.45) is 5.92 Å². The van der Waals surface area contributed by atoms with Crippen LogP contribution in [0, 0.1) is 5.92 Å². The van der Waals surface area contributed by atoms with Gasteiger partial charge in [-0.15, -0.1) is 0 Å². The van der Waals surface area contributed by atoms with E-state index in [1.165, 1.54) is 0 Å². The van der Waals surface area contributed by atoms with E-state index in [2.05, 4.69) is 9.47 Å². The van der Waals surface area contributed by atoms with E-state index in [0.29, 0.717) is 0 Å². The van der Waals surface area contributed by atoms with Gasteiger partial charge < -0.3 is 14.0 Å². The van der Waals surface area contributed by atoms with Crippen LogP contribution < -0.4 is 29.6 Å². The minimum atomic E-state index is -4.35. The summed E-state index contributed by atoms with van der Waals surface area (Å²) in [5.41, 5.74) is 0. The number of carbonyl (C=O) groups is 2. The molecule has 19 heavy (non-hydrogen) atoms. The molecule has 0 aliphatic carbocycles. The first-order chi connectivity index (χ1) is 8.31. The molecule has 0 bridgehead atoms. The normalized spacial score (nSPS) is 10.7. The second-order valence-electron chi connectivity index (χ2n) is 3.46. The molecule has 0 aromatic heterocycles. The molecule has 0 fully saturated rings. The van der Waals surface area contributed by atoms with Crippen LogP contribution in [0.25, 0.3) is 0 Å². The van der Waals surface area contributed by atoms with Gasteiger partial charge in [0, 0.05) is 5.75 Å². The Hall–Kier alpha value is -0.150. The maximum Gasteiger partial charge on any atom is 1.00 e. The second-order valence-corrected chi connectivity index (χ2v) is 4.98. The van der Waals surface area contributed by atoms with Crippen molar-refractivity contribution in [3.63, 3.8) is 0 Å². The van der Waals surface area contributed by atoms with Gasteiger partial charge in [-0.3, -0.25) is 9.59 Å². The van der Waals surface area contributed by atoms with E-state index in [-0.39, 0.29) is 55.6 Å². The van der Waals surface area contributed by atoms with Crippen LogP contribution in [0.3, 0.4) is 0 Å². The second kappa shape index (κ2) is 10.6. The Labute approximate surface area is 135 Å². The largest absolute Gasteiger partial charge is 1.00 e. The summed E-state index contributed by atoms with van der Waals surface area (Å²) in [6.07, 6.45) is -0.173. The third kappa shape index (κ3) is 10.3. The molecule has 0 aliphatic rings. The average molecular weight is 304 g/mol. The molecule has 106 valence electrons. The van der Waals surface area contributed by atoms with Gasteiger partial charge in [0.15, 0.2) is 5.92 Å². The van der Waals surface area contributed by atoms with Crippen LogP contribution in [0.15, 0.2) is 0 Å². The standard InChI is InChI=1S/C10H18O7S.Na/c1-3-16-9(11)8(10(12)17-4-2)6-5-7-18(13,14)15;/h8H,3-7H2,1-2H3,(H,13,14,15);/q;+1/p-1. The van der Waals surface area contributed by atoms with Crippen LogP contribution >= 0.6 is 0 Å². The summed E-state index contributed by atoms with van der Waals surface area (Å²) >= 11 is 0. The summed E-state index contributed by atoms with van der Waals surface area (Å²) in [5.74, 6) is -3.33.